The molecule has 0 aliphatic heterocycles. The SMILES string of the molecule is CC(C)(C)CCNC(=O)CC1CCC(CN)CC1. The molecule has 1 rings (SSSR count). The first-order chi connectivity index (χ1) is 8.40. The van der Waals surface area contributed by atoms with Gasteiger partial charge < -0.3 is 11.1 Å². The Bertz CT molecular complexity index is 250. The summed E-state index contributed by atoms with van der Waals surface area (Å²) in [5, 5.41) is 3.05. The molecule has 0 atom stereocenters. The van der Waals surface area contributed by atoms with Gasteiger partial charge in [-0.1, -0.05) is 20.8 Å². The summed E-state index contributed by atoms with van der Waals surface area (Å²) in [6, 6.07) is 0. The first-order valence-electron chi connectivity index (χ1n) is 7.37. The maximum Gasteiger partial charge on any atom is 0.220 e. The summed E-state index contributed by atoms with van der Waals surface area (Å²) in [5.74, 6) is 1.52. The quantitative estimate of drug-likeness (QED) is 0.792. The van der Waals surface area contributed by atoms with Crippen LogP contribution in [-0.4, -0.2) is 19.0 Å². The second-order valence-electron chi connectivity index (χ2n) is 6.99. The number of amides is 1. The fourth-order valence-electron chi connectivity index (χ4n) is 2.58. The van der Waals surface area contributed by atoms with Crippen LogP contribution in [0.15, 0.2) is 0 Å². The molecule has 3 nitrogen and oxygen atoms in total. The van der Waals surface area contributed by atoms with Crippen LogP contribution in [0.1, 0.15) is 59.3 Å². The van der Waals surface area contributed by atoms with Crippen LogP contribution in [0.4, 0.5) is 0 Å². The Morgan fingerprint density at radius 1 is 1.17 bits per heavy atom. The third-order valence-electron chi connectivity index (χ3n) is 3.97. The molecule has 1 aliphatic carbocycles. The highest BCUT2D eigenvalue weighted by atomic mass is 16.1. The monoisotopic (exact) mass is 254 g/mol. The van der Waals surface area contributed by atoms with E-state index in [9.17, 15) is 4.79 Å². The largest absolute Gasteiger partial charge is 0.356 e. The normalized spacial score (nSPS) is 24.9. The Balaban J connectivity index is 2.13. The molecule has 1 amide bonds. The second-order valence-corrected chi connectivity index (χ2v) is 6.99. The smallest absolute Gasteiger partial charge is 0.220 e. The fraction of sp³-hybridized carbons (Fsp3) is 0.933. The molecule has 3 heteroatoms. The molecule has 0 spiro atoms. The molecule has 3 N–H and O–H groups in total. The molecule has 0 unspecified atom stereocenters. The van der Waals surface area contributed by atoms with Gasteiger partial charge in [0.2, 0.25) is 5.91 Å². The minimum absolute atomic E-state index is 0.232. The summed E-state index contributed by atoms with van der Waals surface area (Å²) >= 11 is 0. The lowest BCUT2D eigenvalue weighted by Crippen LogP contribution is -2.30. The number of carbonyl (C=O) groups is 1. The van der Waals surface area contributed by atoms with Gasteiger partial charge in [-0.2, -0.15) is 0 Å². The number of nitrogens with two attached hydrogens (primary N) is 1. The summed E-state index contributed by atoms with van der Waals surface area (Å²) in [7, 11) is 0. The molecule has 1 aliphatic rings. The molecule has 106 valence electrons. The number of nitrogens with one attached hydrogen (secondary N) is 1. The average Bonchev–Trinajstić information content (AvgIpc) is 2.28. The third kappa shape index (κ3) is 6.39. The Kier molecular flexibility index (Phi) is 6.13. The lowest BCUT2D eigenvalue weighted by atomic mass is 9.80. The zero-order chi connectivity index (χ0) is 13.6. The number of carbonyl (C=O) groups excluding carboxylic acids is 1. The van der Waals surface area contributed by atoms with Gasteiger partial charge in [0.25, 0.3) is 0 Å². The molecule has 18 heavy (non-hydrogen) atoms. The Morgan fingerprint density at radius 3 is 2.22 bits per heavy atom. The maximum atomic E-state index is 11.8. The van der Waals surface area contributed by atoms with Gasteiger partial charge in [-0.25, -0.2) is 0 Å². The van der Waals surface area contributed by atoms with Crippen molar-refractivity contribution in [1.82, 2.24) is 5.32 Å². The van der Waals surface area contributed by atoms with Gasteiger partial charge in [0, 0.05) is 13.0 Å². The summed E-state index contributed by atoms with van der Waals surface area (Å²) in [4.78, 5) is 11.8. The van der Waals surface area contributed by atoms with Crippen molar-refractivity contribution in [3.8, 4) is 0 Å². The van der Waals surface area contributed by atoms with Crippen molar-refractivity contribution < 1.29 is 4.79 Å². The van der Waals surface area contributed by atoms with Crippen LogP contribution in [0.5, 0.6) is 0 Å². The molecular formula is C15H30N2O. The van der Waals surface area contributed by atoms with Gasteiger partial charge >= 0.3 is 0 Å². The van der Waals surface area contributed by atoms with Crippen molar-refractivity contribution in [1.29, 1.82) is 0 Å². The summed E-state index contributed by atoms with van der Waals surface area (Å²) < 4.78 is 0. The van der Waals surface area contributed by atoms with Crippen LogP contribution in [0.3, 0.4) is 0 Å². The Labute approximate surface area is 112 Å². The van der Waals surface area contributed by atoms with E-state index in [2.05, 4.69) is 26.1 Å². The Hall–Kier alpha value is -0.570. The predicted molar refractivity (Wildman–Crippen MR) is 76.2 cm³/mol. The standard InChI is InChI=1S/C15H30N2O/c1-15(2,3)8-9-17-14(18)10-12-4-6-13(11-16)7-5-12/h12-13H,4-11,16H2,1-3H3,(H,17,18). The van der Waals surface area contributed by atoms with Crippen molar-refractivity contribution >= 4 is 5.91 Å². The van der Waals surface area contributed by atoms with Crippen molar-refractivity contribution in [3.63, 3.8) is 0 Å². The van der Waals surface area contributed by atoms with Crippen molar-refractivity contribution in [3.05, 3.63) is 0 Å². The highest BCUT2D eigenvalue weighted by Crippen LogP contribution is 2.30. The molecule has 0 aromatic heterocycles. The highest BCUT2D eigenvalue weighted by molar-refractivity contribution is 5.76. The molecule has 0 aromatic rings. The van der Waals surface area contributed by atoms with E-state index in [1.54, 1.807) is 0 Å². The van der Waals surface area contributed by atoms with E-state index in [1.165, 1.54) is 25.7 Å². The van der Waals surface area contributed by atoms with Crippen LogP contribution in [-0.2, 0) is 4.79 Å². The van der Waals surface area contributed by atoms with Crippen LogP contribution in [0.25, 0.3) is 0 Å². The van der Waals surface area contributed by atoms with E-state index >= 15 is 0 Å². The molecule has 0 heterocycles. The topological polar surface area (TPSA) is 55.1 Å². The van der Waals surface area contributed by atoms with Crippen LogP contribution in [0, 0.1) is 17.3 Å². The summed E-state index contributed by atoms with van der Waals surface area (Å²) in [5.41, 5.74) is 5.98. The van der Waals surface area contributed by atoms with E-state index in [0.29, 0.717) is 23.7 Å². The van der Waals surface area contributed by atoms with Crippen LogP contribution in [0.2, 0.25) is 0 Å². The highest BCUT2D eigenvalue weighted by Gasteiger charge is 2.22. The van der Waals surface area contributed by atoms with E-state index in [0.717, 1.165) is 19.5 Å². The Morgan fingerprint density at radius 2 is 1.72 bits per heavy atom. The molecule has 0 bridgehead atoms. The molecule has 0 radical (unpaired) electrons. The third-order valence-corrected chi connectivity index (χ3v) is 3.97. The maximum absolute atomic E-state index is 11.8. The van der Waals surface area contributed by atoms with Crippen LogP contribution < -0.4 is 11.1 Å². The van der Waals surface area contributed by atoms with Gasteiger partial charge in [0.15, 0.2) is 0 Å². The molecule has 0 aromatic carbocycles. The van der Waals surface area contributed by atoms with E-state index in [4.69, 9.17) is 5.73 Å². The molecule has 0 saturated heterocycles. The van der Waals surface area contributed by atoms with Crippen LogP contribution >= 0.6 is 0 Å². The van der Waals surface area contributed by atoms with Crippen molar-refractivity contribution in [2.75, 3.05) is 13.1 Å². The fourth-order valence-corrected chi connectivity index (χ4v) is 2.58. The van der Waals surface area contributed by atoms with Gasteiger partial charge in [-0.05, 0) is 55.9 Å². The number of hydrogen-bond donors (Lipinski definition) is 2. The second kappa shape index (κ2) is 7.13. The zero-order valence-corrected chi connectivity index (χ0v) is 12.3. The van der Waals surface area contributed by atoms with Crippen molar-refractivity contribution in [2.45, 2.75) is 59.3 Å². The summed E-state index contributed by atoms with van der Waals surface area (Å²) in [6.45, 7) is 8.22. The zero-order valence-electron chi connectivity index (χ0n) is 12.3. The van der Waals surface area contributed by atoms with Gasteiger partial charge in [0.05, 0.1) is 0 Å². The lowest BCUT2D eigenvalue weighted by Gasteiger charge is -2.27. The van der Waals surface area contributed by atoms with E-state index < -0.39 is 0 Å². The van der Waals surface area contributed by atoms with E-state index in [1.807, 2.05) is 0 Å². The number of rotatable bonds is 5. The first kappa shape index (κ1) is 15.5. The molecule has 1 saturated carbocycles. The number of hydrogen-bond acceptors (Lipinski definition) is 2. The van der Waals surface area contributed by atoms with Gasteiger partial charge in [0.1, 0.15) is 0 Å². The van der Waals surface area contributed by atoms with E-state index in [-0.39, 0.29) is 5.91 Å². The van der Waals surface area contributed by atoms with Gasteiger partial charge in [-0.15, -0.1) is 0 Å². The summed E-state index contributed by atoms with van der Waals surface area (Å²) in [6.07, 6.45) is 6.51. The molecule has 1 fully saturated rings. The van der Waals surface area contributed by atoms with Gasteiger partial charge in [-0.3, -0.25) is 4.79 Å². The predicted octanol–water partition coefficient (Wildman–Crippen LogP) is 2.69. The minimum atomic E-state index is 0.232. The minimum Gasteiger partial charge on any atom is -0.356 e. The van der Waals surface area contributed by atoms with Crippen molar-refractivity contribution in [2.24, 2.45) is 23.0 Å². The first-order valence-corrected chi connectivity index (χ1v) is 7.37. The lowest BCUT2D eigenvalue weighted by molar-refractivity contribution is -0.122. The molecular weight excluding hydrogens is 224 g/mol. The average molecular weight is 254 g/mol.